The molecule has 0 radical (unpaired) electrons. The number of nitrogens with zero attached hydrogens (tertiary/aromatic N) is 2. The van der Waals surface area contributed by atoms with Gasteiger partial charge in [-0.1, -0.05) is 13.0 Å². The number of ether oxygens (including phenoxy) is 1. The number of likely N-dealkylation sites (tertiary alicyclic amines) is 1. The van der Waals surface area contributed by atoms with E-state index in [9.17, 15) is 4.79 Å². The Hall–Kier alpha value is -2.06. The van der Waals surface area contributed by atoms with Gasteiger partial charge < -0.3 is 10.1 Å². The van der Waals surface area contributed by atoms with Crippen LogP contribution in [-0.4, -0.2) is 43.1 Å². The van der Waals surface area contributed by atoms with Crippen molar-refractivity contribution in [1.82, 2.24) is 10.2 Å². The molecule has 0 spiro atoms. The normalized spacial score (nSPS) is 16.0. The summed E-state index contributed by atoms with van der Waals surface area (Å²) in [5.74, 6) is 0.417. The number of carbonyl (C=O) groups excluding carboxylic acids is 1. The maximum Gasteiger partial charge on any atom is 0.257 e. The number of nitrogens with one attached hydrogen (secondary N) is 1. The molecule has 1 saturated heterocycles. The molecule has 2 rings (SSSR count). The van der Waals surface area contributed by atoms with Gasteiger partial charge in [-0.15, -0.1) is 0 Å². The quantitative estimate of drug-likeness (QED) is 0.835. The zero-order valence-corrected chi connectivity index (χ0v) is 13.0. The lowest BCUT2D eigenvalue weighted by Crippen LogP contribution is -2.43. The molecule has 0 aliphatic carbocycles. The third-order valence-corrected chi connectivity index (χ3v) is 4.00. The van der Waals surface area contributed by atoms with Crippen molar-refractivity contribution >= 4 is 5.91 Å². The molecule has 1 aliphatic heterocycles. The number of amides is 1. The van der Waals surface area contributed by atoms with Crippen LogP contribution in [0.4, 0.5) is 0 Å². The third kappa shape index (κ3) is 4.74. The molecule has 0 bridgehead atoms. The van der Waals surface area contributed by atoms with Crippen LogP contribution < -0.4 is 10.1 Å². The molecular weight excluding hydrogens is 278 g/mol. The molecule has 1 aromatic rings. The van der Waals surface area contributed by atoms with Gasteiger partial charge in [-0.25, -0.2) is 0 Å². The second kappa shape index (κ2) is 8.40. The molecule has 1 fully saturated rings. The summed E-state index contributed by atoms with van der Waals surface area (Å²) in [6, 6.07) is 9.28. The van der Waals surface area contributed by atoms with E-state index in [1.807, 2.05) is 6.07 Å². The number of benzene rings is 1. The Morgan fingerprint density at radius 3 is 2.91 bits per heavy atom. The van der Waals surface area contributed by atoms with E-state index in [1.165, 1.54) is 12.8 Å². The van der Waals surface area contributed by atoms with Gasteiger partial charge in [0, 0.05) is 12.6 Å². The average molecular weight is 301 g/mol. The van der Waals surface area contributed by atoms with Crippen molar-refractivity contribution in [1.29, 1.82) is 5.26 Å². The molecule has 5 heteroatoms. The molecule has 1 aliphatic rings. The molecular formula is C17H23N3O2. The fourth-order valence-electron chi connectivity index (χ4n) is 2.73. The van der Waals surface area contributed by atoms with Crippen LogP contribution in [0, 0.1) is 11.3 Å². The van der Waals surface area contributed by atoms with Crippen molar-refractivity contribution in [2.24, 2.45) is 0 Å². The minimum Gasteiger partial charge on any atom is -0.484 e. The Labute approximate surface area is 131 Å². The number of hydrogen-bond donors (Lipinski definition) is 1. The van der Waals surface area contributed by atoms with Gasteiger partial charge >= 0.3 is 0 Å². The number of hydrogen-bond acceptors (Lipinski definition) is 4. The highest BCUT2D eigenvalue weighted by atomic mass is 16.5. The molecule has 1 N–H and O–H groups in total. The molecule has 1 aromatic carbocycles. The first-order valence-electron chi connectivity index (χ1n) is 7.86. The summed E-state index contributed by atoms with van der Waals surface area (Å²) in [7, 11) is 0. The van der Waals surface area contributed by atoms with E-state index in [0.717, 1.165) is 19.5 Å². The largest absolute Gasteiger partial charge is 0.484 e. The van der Waals surface area contributed by atoms with Crippen molar-refractivity contribution in [2.45, 2.75) is 32.2 Å². The van der Waals surface area contributed by atoms with Crippen LogP contribution >= 0.6 is 0 Å². The van der Waals surface area contributed by atoms with Crippen LogP contribution in [0.5, 0.6) is 5.75 Å². The predicted octanol–water partition coefficient (Wildman–Crippen LogP) is 1.93. The summed E-state index contributed by atoms with van der Waals surface area (Å²) in [5, 5.41) is 11.8. The van der Waals surface area contributed by atoms with Crippen LogP contribution in [-0.2, 0) is 4.79 Å². The second-order valence-electron chi connectivity index (χ2n) is 5.54. The van der Waals surface area contributed by atoms with Crippen molar-refractivity contribution in [3.63, 3.8) is 0 Å². The summed E-state index contributed by atoms with van der Waals surface area (Å²) in [6.45, 7) is 5.05. The van der Waals surface area contributed by atoms with Crippen molar-refractivity contribution in [3.05, 3.63) is 29.8 Å². The van der Waals surface area contributed by atoms with Gasteiger partial charge in [0.2, 0.25) is 0 Å². The Kier molecular flexibility index (Phi) is 6.23. The van der Waals surface area contributed by atoms with E-state index in [1.54, 1.807) is 24.3 Å². The van der Waals surface area contributed by atoms with Gasteiger partial charge in [0.25, 0.3) is 5.91 Å². The van der Waals surface area contributed by atoms with E-state index >= 15 is 0 Å². The first kappa shape index (κ1) is 16.3. The molecule has 1 atom stereocenters. The van der Waals surface area contributed by atoms with Crippen molar-refractivity contribution in [2.75, 3.05) is 26.2 Å². The zero-order chi connectivity index (χ0) is 15.8. The zero-order valence-electron chi connectivity index (χ0n) is 13.0. The van der Waals surface area contributed by atoms with E-state index in [0.29, 0.717) is 23.9 Å². The van der Waals surface area contributed by atoms with Gasteiger partial charge in [-0.2, -0.15) is 5.26 Å². The standard InChI is InChI=1S/C17H23N3O2/c1-2-15(20-8-3-4-9-20)12-19-17(21)13-22-16-7-5-6-14(10-16)11-18/h5-7,10,15H,2-4,8-9,12-13H2,1H3,(H,19,21). The molecule has 0 saturated carbocycles. The summed E-state index contributed by atoms with van der Waals surface area (Å²) < 4.78 is 5.42. The van der Waals surface area contributed by atoms with Gasteiger partial charge in [0.15, 0.2) is 6.61 Å². The topological polar surface area (TPSA) is 65.4 Å². The summed E-state index contributed by atoms with van der Waals surface area (Å²) in [5.41, 5.74) is 0.526. The maximum atomic E-state index is 11.9. The van der Waals surface area contributed by atoms with Crippen LogP contribution in [0.3, 0.4) is 0 Å². The first-order valence-corrected chi connectivity index (χ1v) is 7.86. The first-order chi connectivity index (χ1) is 10.7. The lowest BCUT2D eigenvalue weighted by atomic mass is 10.2. The van der Waals surface area contributed by atoms with Crippen molar-refractivity contribution < 1.29 is 9.53 Å². The van der Waals surface area contributed by atoms with Gasteiger partial charge in [0.1, 0.15) is 5.75 Å². The maximum absolute atomic E-state index is 11.9. The van der Waals surface area contributed by atoms with E-state index < -0.39 is 0 Å². The lowest BCUT2D eigenvalue weighted by Gasteiger charge is -2.26. The van der Waals surface area contributed by atoms with Gasteiger partial charge in [-0.3, -0.25) is 9.69 Å². The highest BCUT2D eigenvalue weighted by Gasteiger charge is 2.20. The average Bonchev–Trinajstić information content (AvgIpc) is 3.08. The number of nitriles is 1. The smallest absolute Gasteiger partial charge is 0.257 e. The minimum absolute atomic E-state index is 0.0225. The fraction of sp³-hybridized carbons (Fsp3) is 0.529. The highest BCUT2D eigenvalue weighted by Crippen LogP contribution is 2.14. The van der Waals surface area contributed by atoms with Crippen LogP contribution in [0.15, 0.2) is 24.3 Å². The number of carbonyl (C=O) groups is 1. The predicted molar refractivity (Wildman–Crippen MR) is 84.5 cm³/mol. The highest BCUT2D eigenvalue weighted by molar-refractivity contribution is 5.77. The Morgan fingerprint density at radius 1 is 1.45 bits per heavy atom. The SMILES string of the molecule is CCC(CNC(=O)COc1cccc(C#N)c1)N1CCCC1. The summed E-state index contributed by atoms with van der Waals surface area (Å²) in [6.07, 6.45) is 3.54. The summed E-state index contributed by atoms with van der Waals surface area (Å²) in [4.78, 5) is 14.3. The van der Waals surface area contributed by atoms with Crippen LogP contribution in [0.1, 0.15) is 31.7 Å². The van der Waals surface area contributed by atoms with Gasteiger partial charge in [-0.05, 0) is 50.6 Å². The molecule has 1 amide bonds. The van der Waals surface area contributed by atoms with E-state index in [2.05, 4.69) is 17.1 Å². The Balaban J connectivity index is 1.74. The molecule has 0 aromatic heterocycles. The lowest BCUT2D eigenvalue weighted by molar-refractivity contribution is -0.123. The Morgan fingerprint density at radius 2 is 2.23 bits per heavy atom. The molecule has 118 valence electrons. The van der Waals surface area contributed by atoms with Gasteiger partial charge in [0.05, 0.1) is 11.6 Å². The van der Waals surface area contributed by atoms with Crippen molar-refractivity contribution in [3.8, 4) is 11.8 Å². The second-order valence-corrected chi connectivity index (χ2v) is 5.54. The molecule has 22 heavy (non-hydrogen) atoms. The van der Waals surface area contributed by atoms with Crippen LogP contribution in [0.25, 0.3) is 0 Å². The minimum atomic E-state index is -0.125. The summed E-state index contributed by atoms with van der Waals surface area (Å²) >= 11 is 0. The van der Waals surface area contributed by atoms with Crippen LogP contribution in [0.2, 0.25) is 0 Å². The monoisotopic (exact) mass is 301 g/mol. The Bertz CT molecular complexity index is 533. The third-order valence-electron chi connectivity index (χ3n) is 4.00. The molecule has 1 heterocycles. The fourth-order valence-corrected chi connectivity index (χ4v) is 2.73. The van der Waals surface area contributed by atoms with E-state index in [4.69, 9.17) is 10.00 Å². The number of rotatable bonds is 7. The molecule has 5 nitrogen and oxygen atoms in total. The molecule has 1 unspecified atom stereocenters. The van der Waals surface area contributed by atoms with E-state index in [-0.39, 0.29) is 12.5 Å².